The Labute approximate surface area is 168 Å². The minimum Gasteiger partial charge on any atom is -0.490 e. The van der Waals surface area contributed by atoms with Gasteiger partial charge in [-0.3, -0.25) is 14.9 Å². The lowest BCUT2D eigenvalue weighted by Gasteiger charge is -2.19. The number of ether oxygens (including phenoxy) is 2. The summed E-state index contributed by atoms with van der Waals surface area (Å²) in [4.78, 5) is 36.3. The molecule has 0 heterocycles. The molecule has 0 aliphatic carbocycles. The third-order valence-electron chi connectivity index (χ3n) is 4.14. The Balaban J connectivity index is 1.74. The van der Waals surface area contributed by atoms with E-state index in [-0.39, 0.29) is 17.0 Å². The number of benzene rings is 2. The van der Waals surface area contributed by atoms with Crippen LogP contribution in [0.1, 0.15) is 16.8 Å². The van der Waals surface area contributed by atoms with Crippen LogP contribution in [0.25, 0.3) is 0 Å². The number of carbonyl (C=O) groups is 2. The second-order valence-electron chi connectivity index (χ2n) is 6.18. The lowest BCUT2D eigenvalue weighted by atomic mass is 10.2. The van der Waals surface area contributed by atoms with Gasteiger partial charge in [0.25, 0.3) is 5.91 Å². The van der Waals surface area contributed by atoms with E-state index in [4.69, 9.17) is 9.47 Å². The van der Waals surface area contributed by atoms with Crippen molar-refractivity contribution in [1.82, 2.24) is 5.32 Å². The van der Waals surface area contributed by atoms with Gasteiger partial charge < -0.3 is 19.7 Å². The zero-order valence-corrected chi connectivity index (χ0v) is 16.3. The number of amides is 1. The average molecular weight is 401 g/mol. The average Bonchev–Trinajstić information content (AvgIpc) is 2.74. The van der Waals surface area contributed by atoms with Crippen LogP contribution in [0.2, 0.25) is 0 Å². The molecule has 2 rings (SSSR count). The van der Waals surface area contributed by atoms with E-state index < -0.39 is 23.4 Å². The molecule has 0 unspecified atom stereocenters. The number of rotatable bonds is 10. The van der Waals surface area contributed by atoms with E-state index in [2.05, 4.69) is 10.2 Å². The fourth-order valence-corrected chi connectivity index (χ4v) is 2.58. The fraction of sp³-hybridized carbons (Fsp3) is 0.300. The Bertz CT molecular complexity index is 857. The van der Waals surface area contributed by atoms with Gasteiger partial charge in [0.1, 0.15) is 0 Å². The van der Waals surface area contributed by atoms with Crippen LogP contribution in [0.15, 0.2) is 48.5 Å². The Hall–Kier alpha value is -3.62. The van der Waals surface area contributed by atoms with Crippen molar-refractivity contribution in [1.29, 1.82) is 0 Å². The molecule has 0 saturated heterocycles. The minimum atomic E-state index is -0.824. The van der Waals surface area contributed by atoms with E-state index in [0.29, 0.717) is 6.54 Å². The molecule has 0 aromatic heterocycles. The first-order valence-electron chi connectivity index (χ1n) is 8.95. The van der Waals surface area contributed by atoms with Crippen molar-refractivity contribution in [2.24, 2.45) is 0 Å². The number of nitrogens with zero attached hydrogens (tertiary/aromatic N) is 2. The van der Waals surface area contributed by atoms with Gasteiger partial charge in [-0.1, -0.05) is 18.2 Å². The summed E-state index contributed by atoms with van der Waals surface area (Å²) < 4.78 is 9.80. The van der Waals surface area contributed by atoms with Crippen LogP contribution in [0.3, 0.4) is 0 Å². The maximum absolute atomic E-state index is 12.0. The Morgan fingerprint density at radius 2 is 1.90 bits per heavy atom. The van der Waals surface area contributed by atoms with Gasteiger partial charge in [0.15, 0.2) is 12.4 Å². The standard InChI is InChI=1S/C20H23N3O6/c1-22(16-7-4-3-5-8-16)12-6-11-21-19(24)14-29-20(25)15-9-10-18(28-2)17(13-15)23(26)27/h3-5,7-10,13H,6,11-12,14H2,1-2H3,(H,21,24). The predicted molar refractivity (Wildman–Crippen MR) is 107 cm³/mol. The van der Waals surface area contributed by atoms with Crippen molar-refractivity contribution in [3.8, 4) is 5.75 Å². The molecule has 1 amide bonds. The quantitative estimate of drug-likeness (QED) is 0.282. The van der Waals surface area contributed by atoms with E-state index >= 15 is 0 Å². The largest absolute Gasteiger partial charge is 0.490 e. The summed E-state index contributed by atoms with van der Waals surface area (Å²) >= 11 is 0. The minimum absolute atomic E-state index is 0.0322. The van der Waals surface area contributed by atoms with E-state index in [0.717, 1.165) is 24.7 Å². The molecule has 0 bridgehead atoms. The smallest absolute Gasteiger partial charge is 0.338 e. The number of methoxy groups -OCH3 is 1. The molecule has 0 radical (unpaired) electrons. The number of hydrogen-bond donors (Lipinski definition) is 1. The molecule has 1 N–H and O–H groups in total. The maximum atomic E-state index is 12.0. The highest BCUT2D eigenvalue weighted by Crippen LogP contribution is 2.27. The van der Waals surface area contributed by atoms with Crippen molar-refractivity contribution in [2.75, 3.05) is 38.8 Å². The van der Waals surface area contributed by atoms with Crippen LogP contribution in [0.4, 0.5) is 11.4 Å². The molecule has 9 nitrogen and oxygen atoms in total. The molecule has 0 aliphatic heterocycles. The van der Waals surface area contributed by atoms with Gasteiger partial charge in [-0.25, -0.2) is 4.79 Å². The lowest BCUT2D eigenvalue weighted by molar-refractivity contribution is -0.385. The second-order valence-corrected chi connectivity index (χ2v) is 6.18. The highest BCUT2D eigenvalue weighted by molar-refractivity contribution is 5.92. The molecular weight excluding hydrogens is 378 g/mol. The van der Waals surface area contributed by atoms with E-state index in [1.54, 1.807) is 0 Å². The molecule has 2 aromatic rings. The molecule has 0 spiro atoms. The summed E-state index contributed by atoms with van der Waals surface area (Å²) in [5, 5.41) is 13.7. The van der Waals surface area contributed by atoms with Gasteiger partial charge in [-0.15, -0.1) is 0 Å². The predicted octanol–water partition coefficient (Wildman–Crippen LogP) is 2.40. The molecule has 154 valence electrons. The molecule has 9 heteroatoms. The summed E-state index contributed by atoms with van der Waals surface area (Å²) in [6.45, 7) is 0.717. The van der Waals surface area contributed by atoms with Gasteiger partial charge in [0.05, 0.1) is 17.6 Å². The highest BCUT2D eigenvalue weighted by Gasteiger charge is 2.19. The molecular formula is C20H23N3O6. The number of hydrogen-bond acceptors (Lipinski definition) is 7. The summed E-state index contributed by atoms with van der Waals surface area (Å²) in [5.41, 5.74) is 0.699. The van der Waals surface area contributed by atoms with Crippen molar-refractivity contribution in [3.63, 3.8) is 0 Å². The molecule has 29 heavy (non-hydrogen) atoms. The van der Waals surface area contributed by atoms with Crippen LogP contribution in [0.5, 0.6) is 5.75 Å². The molecule has 0 saturated carbocycles. The summed E-state index contributed by atoms with van der Waals surface area (Å²) in [6, 6.07) is 13.6. The third kappa shape index (κ3) is 6.49. The number of anilines is 1. The maximum Gasteiger partial charge on any atom is 0.338 e. The highest BCUT2D eigenvalue weighted by atomic mass is 16.6. The number of nitro groups is 1. The summed E-state index contributed by atoms with van der Waals surface area (Å²) in [6.07, 6.45) is 0.718. The topological polar surface area (TPSA) is 111 Å². The van der Waals surface area contributed by atoms with Crippen LogP contribution < -0.4 is 15.0 Å². The molecule has 2 aromatic carbocycles. The molecule has 0 atom stereocenters. The first kappa shape index (κ1) is 21.7. The van der Waals surface area contributed by atoms with Gasteiger partial charge in [-0.05, 0) is 30.7 Å². The van der Waals surface area contributed by atoms with Crippen molar-refractivity contribution in [3.05, 3.63) is 64.2 Å². The van der Waals surface area contributed by atoms with Crippen molar-refractivity contribution >= 4 is 23.3 Å². The number of esters is 1. The van der Waals surface area contributed by atoms with Gasteiger partial charge in [0.2, 0.25) is 0 Å². The van der Waals surface area contributed by atoms with Crippen molar-refractivity contribution in [2.45, 2.75) is 6.42 Å². The SMILES string of the molecule is COc1ccc(C(=O)OCC(=O)NCCCN(C)c2ccccc2)cc1[N+](=O)[O-]. The third-order valence-corrected chi connectivity index (χ3v) is 4.14. The summed E-state index contributed by atoms with van der Waals surface area (Å²) in [7, 11) is 3.26. The number of nitrogens with one attached hydrogen (secondary N) is 1. The Kier molecular flexibility index (Phi) is 7.96. The van der Waals surface area contributed by atoms with Crippen LogP contribution >= 0.6 is 0 Å². The first-order valence-corrected chi connectivity index (χ1v) is 8.95. The monoisotopic (exact) mass is 401 g/mol. The van der Waals surface area contributed by atoms with Gasteiger partial charge in [0, 0.05) is 31.9 Å². The molecule has 0 aliphatic rings. The summed E-state index contributed by atoms with van der Waals surface area (Å²) in [5.74, 6) is -1.23. The van der Waals surface area contributed by atoms with E-state index in [1.165, 1.54) is 19.2 Å². The van der Waals surface area contributed by atoms with Gasteiger partial charge >= 0.3 is 11.7 Å². The van der Waals surface area contributed by atoms with E-state index in [9.17, 15) is 19.7 Å². The zero-order chi connectivity index (χ0) is 21.2. The van der Waals surface area contributed by atoms with Crippen LogP contribution in [-0.4, -0.2) is 50.7 Å². The second kappa shape index (κ2) is 10.6. The van der Waals surface area contributed by atoms with Crippen LogP contribution in [-0.2, 0) is 9.53 Å². The lowest BCUT2D eigenvalue weighted by Crippen LogP contribution is -2.31. The van der Waals surface area contributed by atoms with Gasteiger partial charge in [-0.2, -0.15) is 0 Å². The Morgan fingerprint density at radius 3 is 2.55 bits per heavy atom. The zero-order valence-electron chi connectivity index (χ0n) is 16.3. The first-order chi connectivity index (χ1) is 13.9. The number of nitro benzene ring substituents is 1. The number of para-hydroxylation sites is 1. The van der Waals surface area contributed by atoms with E-state index in [1.807, 2.05) is 37.4 Å². The molecule has 0 fully saturated rings. The van der Waals surface area contributed by atoms with Crippen LogP contribution in [0, 0.1) is 10.1 Å². The normalized spacial score (nSPS) is 10.1. The van der Waals surface area contributed by atoms with Crippen molar-refractivity contribution < 1.29 is 24.0 Å². The number of carbonyl (C=O) groups excluding carboxylic acids is 2. The fourth-order valence-electron chi connectivity index (χ4n) is 2.58. The Morgan fingerprint density at radius 1 is 1.17 bits per heavy atom.